The first-order valence-corrected chi connectivity index (χ1v) is 6.19. The predicted octanol–water partition coefficient (Wildman–Crippen LogP) is 1.10. The van der Waals surface area contributed by atoms with Gasteiger partial charge in [0, 0.05) is 22.9 Å². The molecule has 0 radical (unpaired) electrons. The Morgan fingerprint density at radius 2 is 2.19 bits per heavy atom. The number of halogens is 1. The minimum Gasteiger partial charge on any atom is -0.383 e. The normalized spacial score (nSPS) is 17.9. The summed E-state index contributed by atoms with van der Waals surface area (Å²) in [7, 11) is 2.12. The number of nitrogen functional groups attached to an aromatic ring is 1. The maximum absolute atomic E-state index is 5.88. The van der Waals surface area contributed by atoms with Crippen molar-refractivity contribution in [3.8, 4) is 0 Å². The van der Waals surface area contributed by atoms with E-state index in [0.717, 1.165) is 27.7 Å². The molecule has 1 saturated heterocycles. The first kappa shape index (κ1) is 10.3. The smallest absolute Gasteiger partial charge is 0.146 e. The molecular formula is C10H12IN5. The average Bonchev–Trinajstić information content (AvgIpc) is 2.53. The SMILES string of the molecule is CN1CC(n2cc(I)c3c(N)ncnc32)C1. The van der Waals surface area contributed by atoms with Crippen molar-refractivity contribution in [2.45, 2.75) is 6.04 Å². The molecule has 3 heterocycles. The van der Waals surface area contributed by atoms with Crippen molar-refractivity contribution in [3.63, 3.8) is 0 Å². The van der Waals surface area contributed by atoms with Crippen molar-refractivity contribution < 1.29 is 0 Å². The number of hydrogen-bond donors (Lipinski definition) is 1. The molecule has 0 spiro atoms. The quantitative estimate of drug-likeness (QED) is 0.796. The van der Waals surface area contributed by atoms with Gasteiger partial charge in [0.15, 0.2) is 0 Å². The van der Waals surface area contributed by atoms with Crippen molar-refractivity contribution in [1.29, 1.82) is 0 Å². The van der Waals surface area contributed by atoms with Crippen LogP contribution in [-0.2, 0) is 0 Å². The van der Waals surface area contributed by atoms with E-state index in [9.17, 15) is 0 Å². The predicted molar refractivity (Wildman–Crippen MR) is 71.2 cm³/mol. The molecule has 6 heteroatoms. The molecule has 0 aromatic carbocycles. The van der Waals surface area contributed by atoms with Gasteiger partial charge in [-0.1, -0.05) is 0 Å². The number of hydrogen-bond acceptors (Lipinski definition) is 4. The molecule has 0 bridgehead atoms. The van der Waals surface area contributed by atoms with Gasteiger partial charge in [-0.3, -0.25) is 0 Å². The van der Waals surface area contributed by atoms with Gasteiger partial charge in [-0.05, 0) is 29.6 Å². The number of nitrogens with two attached hydrogens (primary N) is 1. The van der Waals surface area contributed by atoms with Crippen molar-refractivity contribution in [2.24, 2.45) is 0 Å². The van der Waals surface area contributed by atoms with Crippen molar-refractivity contribution in [1.82, 2.24) is 19.4 Å². The summed E-state index contributed by atoms with van der Waals surface area (Å²) in [6.45, 7) is 2.15. The van der Waals surface area contributed by atoms with E-state index >= 15 is 0 Å². The van der Waals surface area contributed by atoms with Gasteiger partial charge in [0.25, 0.3) is 0 Å². The molecule has 2 aromatic heterocycles. The van der Waals surface area contributed by atoms with E-state index in [0.29, 0.717) is 11.9 Å². The number of nitrogens with zero attached hydrogens (tertiary/aromatic N) is 4. The highest BCUT2D eigenvalue weighted by Gasteiger charge is 2.27. The average molecular weight is 329 g/mol. The highest BCUT2D eigenvalue weighted by molar-refractivity contribution is 14.1. The molecule has 5 nitrogen and oxygen atoms in total. The van der Waals surface area contributed by atoms with E-state index in [4.69, 9.17) is 5.73 Å². The van der Waals surface area contributed by atoms with Crippen LogP contribution in [0.4, 0.5) is 5.82 Å². The molecule has 2 N–H and O–H groups in total. The van der Waals surface area contributed by atoms with Crippen molar-refractivity contribution in [3.05, 3.63) is 16.1 Å². The Labute approximate surface area is 107 Å². The largest absolute Gasteiger partial charge is 0.383 e. The minimum atomic E-state index is 0.519. The van der Waals surface area contributed by atoms with Crippen LogP contribution < -0.4 is 5.73 Å². The lowest BCUT2D eigenvalue weighted by molar-refractivity contribution is 0.143. The van der Waals surface area contributed by atoms with Gasteiger partial charge in [-0.15, -0.1) is 0 Å². The number of likely N-dealkylation sites (tertiary alicyclic amines) is 1. The molecule has 84 valence electrons. The second kappa shape index (κ2) is 3.56. The number of anilines is 1. The Morgan fingerprint density at radius 1 is 1.44 bits per heavy atom. The second-order valence-corrected chi connectivity index (χ2v) is 5.38. The Hall–Kier alpha value is -0.890. The first-order valence-electron chi connectivity index (χ1n) is 5.12. The fourth-order valence-corrected chi connectivity index (χ4v) is 3.00. The lowest BCUT2D eigenvalue weighted by atomic mass is 10.1. The van der Waals surface area contributed by atoms with Crippen LogP contribution in [0.2, 0.25) is 0 Å². The third-order valence-corrected chi connectivity index (χ3v) is 3.85. The first-order chi connectivity index (χ1) is 7.66. The van der Waals surface area contributed by atoms with Gasteiger partial charge >= 0.3 is 0 Å². The summed E-state index contributed by atoms with van der Waals surface area (Å²) >= 11 is 2.29. The summed E-state index contributed by atoms with van der Waals surface area (Å²) in [5, 5.41) is 0.984. The van der Waals surface area contributed by atoms with Crippen LogP contribution in [0.1, 0.15) is 6.04 Å². The third kappa shape index (κ3) is 1.40. The Kier molecular flexibility index (Phi) is 2.28. The van der Waals surface area contributed by atoms with E-state index in [-0.39, 0.29) is 0 Å². The molecule has 1 aliphatic rings. The Balaban J connectivity index is 2.16. The van der Waals surface area contributed by atoms with E-state index in [1.54, 1.807) is 0 Å². The molecule has 1 aliphatic heterocycles. The summed E-state index contributed by atoms with van der Waals surface area (Å²) in [4.78, 5) is 10.7. The fraction of sp³-hybridized carbons (Fsp3) is 0.400. The summed E-state index contributed by atoms with van der Waals surface area (Å²) in [6, 6.07) is 0.519. The van der Waals surface area contributed by atoms with Gasteiger partial charge in [-0.2, -0.15) is 0 Å². The molecule has 0 aliphatic carbocycles. The molecule has 0 saturated carbocycles. The molecule has 0 unspecified atom stereocenters. The second-order valence-electron chi connectivity index (χ2n) is 4.22. The zero-order valence-electron chi connectivity index (χ0n) is 8.89. The lowest BCUT2D eigenvalue weighted by Gasteiger charge is -2.37. The van der Waals surface area contributed by atoms with Gasteiger partial charge in [-0.25, -0.2) is 9.97 Å². The van der Waals surface area contributed by atoms with Crippen LogP contribution in [0.5, 0.6) is 0 Å². The van der Waals surface area contributed by atoms with Crippen LogP contribution in [0.15, 0.2) is 12.5 Å². The minimum absolute atomic E-state index is 0.519. The molecule has 16 heavy (non-hydrogen) atoms. The molecule has 0 atom stereocenters. The van der Waals surface area contributed by atoms with Crippen LogP contribution in [0, 0.1) is 3.57 Å². The number of fused-ring (bicyclic) bond motifs is 1. The number of rotatable bonds is 1. The molecule has 3 rings (SSSR count). The van der Waals surface area contributed by atoms with E-state index in [1.165, 1.54) is 6.33 Å². The lowest BCUT2D eigenvalue weighted by Crippen LogP contribution is -2.44. The summed E-state index contributed by atoms with van der Waals surface area (Å²) < 4.78 is 3.34. The molecule has 2 aromatic rings. The summed E-state index contributed by atoms with van der Waals surface area (Å²) in [5.74, 6) is 0.570. The number of likely N-dealkylation sites (N-methyl/N-ethyl adjacent to an activating group) is 1. The maximum Gasteiger partial charge on any atom is 0.146 e. The zero-order chi connectivity index (χ0) is 11.3. The zero-order valence-corrected chi connectivity index (χ0v) is 11.0. The Bertz CT molecular complexity index is 543. The van der Waals surface area contributed by atoms with E-state index in [2.05, 4.69) is 55.3 Å². The monoisotopic (exact) mass is 329 g/mol. The van der Waals surface area contributed by atoms with Gasteiger partial charge in [0.05, 0.1) is 11.4 Å². The Morgan fingerprint density at radius 3 is 2.88 bits per heavy atom. The topological polar surface area (TPSA) is 60.0 Å². The number of aromatic nitrogens is 3. The van der Waals surface area contributed by atoms with Crippen LogP contribution >= 0.6 is 22.6 Å². The molecular weight excluding hydrogens is 317 g/mol. The van der Waals surface area contributed by atoms with Crippen LogP contribution in [0.3, 0.4) is 0 Å². The maximum atomic E-state index is 5.88. The molecule has 0 amide bonds. The van der Waals surface area contributed by atoms with E-state index < -0.39 is 0 Å². The van der Waals surface area contributed by atoms with Gasteiger partial charge in [0.2, 0.25) is 0 Å². The van der Waals surface area contributed by atoms with Crippen LogP contribution in [-0.4, -0.2) is 39.6 Å². The fourth-order valence-electron chi connectivity index (χ4n) is 2.18. The van der Waals surface area contributed by atoms with Crippen molar-refractivity contribution in [2.75, 3.05) is 25.9 Å². The van der Waals surface area contributed by atoms with Crippen LogP contribution in [0.25, 0.3) is 11.0 Å². The van der Waals surface area contributed by atoms with Gasteiger partial charge in [0.1, 0.15) is 17.8 Å². The summed E-state index contributed by atoms with van der Waals surface area (Å²) in [6.07, 6.45) is 3.65. The molecule has 1 fully saturated rings. The highest BCUT2D eigenvalue weighted by atomic mass is 127. The summed E-state index contributed by atoms with van der Waals surface area (Å²) in [5.41, 5.74) is 6.83. The van der Waals surface area contributed by atoms with E-state index in [1.807, 2.05) is 0 Å². The van der Waals surface area contributed by atoms with Crippen molar-refractivity contribution >= 4 is 39.4 Å². The third-order valence-electron chi connectivity index (χ3n) is 3.03. The standard InChI is InChI=1S/C10H12IN5/c1-15-2-6(3-15)16-4-7(11)8-9(12)13-5-14-10(8)16/h4-6H,2-3H2,1H3,(H2,12,13,14). The highest BCUT2D eigenvalue weighted by Crippen LogP contribution is 2.30. The van der Waals surface area contributed by atoms with Gasteiger partial charge < -0.3 is 15.2 Å².